The first-order valence-corrected chi connectivity index (χ1v) is 9.26. The molecule has 136 valence electrons. The van der Waals surface area contributed by atoms with Crippen LogP contribution in [0.2, 0.25) is 0 Å². The van der Waals surface area contributed by atoms with Gasteiger partial charge in [-0.1, -0.05) is 19.3 Å². The lowest BCUT2D eigenvalue weighted by atomic mass is 9.94. The van der Waals surface area contributed by atoms with Gasteiger partial charge in [0.2, 0.25) is 0 Å². The van der Waals surface area contributed by atoms with Crippen LogP contribution in [0.25, 0.3) is 0 Å². The van der Waals surface area contributed by atoms with Gasteiger partial charge in [0, 0.05) is 26.2 Å². The molecule has 1 aliphatic rings. The first-order valence-electron chi connectivity index (χ1n) is 9.26. The molecule has 0 aromatic heterocycles. The van der Waals surface area contributed by atoms with Gasteiger partial charge in [-0.2, -0.15) is 0 Å². The Morgan fingerprint density at radius 2 is 1.91 bits per heavy atom. The first-order chi connectivity index (χ1) is 11.0. The molecule has 5 heteroatoms. The molecular formula is C18H38N4O. The number of hydrogen-bond donors (Lipinski definition) is 2. The van der Waals surface area contributed by atoms with Crippen molar-refractivity contribution in [3.63, 3.8) is 0 Å². The molecule has 0 amide bonds. The van der Waals surface area contributed by atoms with Crippen molar-refractivity contribution in [2.24, 2.45) is 4.99 Å². The highest BCUT2D eigenvalue weighted by molar-refractivity contribution is 5.79. The van der Waals surface area contributed by atoms with Gasteiger partial charge in [0.25, 0.3) is 0 Å². The molecule has 0 aromatic rings. The lowest BCUT2D eigenvalue weighted by Gasteiger charge is -2.31. The summed E-state index contributed by atoms with van der Waals surface area (Å²) in [6.45, 7) is 9.84. The van der Waals surface area contributed by atoms with Gasteiger partial charge in [-0.05, 0) is 53.6 Å². The molecule has 2 N–H and O–H groups in total. The third-order valence-electron chi connectivity index (χ3n) is 4.69. The van der Waals surface area contributed by atoms with Gasteiger partial charge in [0.15, 0.2) is 5.96 Å². The van der Waals surface area contributed by atoms with Crippen molar-refractivity contribution in [3.05, 3.63) is 0 Å². The lowest BCUT2D eigenvalue weighted by molar-refractivity contribution is 0.0310. The second kappa shape index (κ2) is 10.9. The van der Waals surface area contributed by atoms with Gasteiger partial charge < -0.3 is 20.3 Å². The predicted molar refractivity (Wildman–Crippen MR) is 99.2 cm³/mol. The van der Waals surface area contributed by atoms with Crippen molar-refractivity contribution in [2.45, 2.75) is 70.9 Å². The van der Waals surface area contributed by atoms with Crippen molar-refractivity contribution < 1.29 is 4.74 Å². The van der Waals surface area contributed by atoms with Gasteiger partial charge in [-0.3, -0.25) is 4.99 Å². The van der Waals surface area contributed by atoms with Crippen molar-refractivity contribution in [1.82, 2.24) is 15.5 Å². The normalized spacial score (nSPS) is 17.6. The van der Waals surface area contributed by atoms with E-state index in [2.05, 4.69) is 48.3 Å². The van der Waals surface area contributed by atoms with E-state index >= 15 is 0 Å². The number of aliphatic imine (C=N–C) groups is 1. The Kier molecular flexibility index (Phi) is 9.56. The van der Waals surface area contributed by atoms with Crippen LogP contribution in [0.1, 0.15) is 59.3 Å². The minimum absolute atomic E-state index is 0.219. The number of ether oxygens (including phenoxy) is 1. The van der Waals surface area contributed by atoms with Gasteiger partial charge in [-0.25, -0.2) is 0 Å². The van der Waals surface area contributed by atoms with Gasteiger partial charge in [0.1, 0.15) is 0 Å². The molecule has 0 heterocycles. The Balaban J connectivity index is 2.27. The van der Waals surface area contributed by atoms with Gasteiger partial charge in [0.05, 0.1) is 12.1 Å². The fraction of sp³-hybridized carbons (Fsp3) is 0.944. The van der Waals surface area contributed by atoms with E-state index < -0.39 is 0 Å². The van der Waals surface area contributed by atoms with Crippen LogP contribution in [0.3, 0.4) is 0 Å². The van der Waals surface area contributed by atoms with Crippen LogP contribution in [0.15, 0.2) is 4.99 Å². The molecule has 1 fully saturated rings. The van der Waals surface area contributed by atoms with Crippen molar-refractivity contribution in [1.29, 1.82) is 0 Å². The molecule has 1 aliphatic carbocycles. The predicted octanol–water partition coefficient (Wildman–Crippen LogP) is 2.62. The van der Waals surface area contributed by atoms with Gasteiger partial charge >= 0.3 is 0 Å². The third kappa shape index (κ3) is 8.56. The number of rotatable bonds is 9. The smallest absolute Gasteiger partial charge is 0.191 e. The Hall–Kier alpha value is -0.810. The van der Waals surface area contributed by atoms with E-state index in [1.54, 1.807) is 7.11 Å². The van der Waals surface area contributed by atoms with E-state index in [4.69, 9.17) is 4.74 Å². The number of nitrogens with zero attached hydrogens (tertiary/aromatic N) is 2. The van der Waals surface area contributed by atoms with Crippen molar-refractivity contribution >= 4 is 5.96 Å². The molecule has 1 rings (SSSR count). The van der Waals surface area contributed by atoms with Crippen LogP contribution in [-0.2, 0) is 4.74 Å². The van der Waals surface area contributed by atoms with E-state index in [9.17, 15) is 0 Å². The highest BCUT2D eigenvalue weighted by atomic mass is 16.5. The number of nitrogens with one attached hydrogen (secondary N) is 2. The van der Waals surface area contributed by atoms with Crippen LogP contribution >= 0.6 is 0 Å². The summed E-state index contributed by atoms with van der Waals surface area (Å²) in [4.78, 5) is 7.16. The van der Waals surface area contributed by atoms with E-state index in [0.29, 0.717) is 6.54 Å². The van der Waals surface area contributed by atoms with E-state index in [1.807, 2.05) is 0 Å². The Morgan fingerprint density at radius 3 is 2.52 bits per heavy atom. The van der Waals surface area contributed by atoms with Crippen LogP contribution in [0.4, 0.5) is 0 Å². The second-order valence-corrected chi connectivity index (χ2v) is 7.21. The zero-order valence-electron chi connectivity index (χ0n) is 16.0. The molecule has 0 radical (unpaired) electrons. The highest BCUT2D eigenvalue weighted by Gasteiger charge is 2.17. The largest absolute Gasteiger partial charge is 0.377 e. The lowest BCUT2D eigenvalue weighted by Crippen LogP contribution is -2.41. The van der Waals surface area contributed by atoms with E-state index in [0.717, 1.165) is 38.1 Å². The average molecular weight is 327 g/mol. The first kappa shape index (κ1) is 20.2. The third-order valence-corrected chi connectivity index (χ3v) is 4.69. The molecule has 0 aromatic carbocycles. The fourth-order valence-corrected chi connectivity index (χ4v) is 2.92. The standard InChI is InChI=1S/C18H38N4O/c1-6-19-17(21-15-18(2,3)23-5)20-13-10-14-22(4)16-11-8-7-9-12-16/h16H,6-15H2,1-5H3,(H2,19,20,21). The molecule has 0 unspecified atom stereocenters. The number of guanidine groups is 1. The maximum Gasteiger partial charge on any atom is 0.191 e. The molecule has 0 spiro atoms. The average Bonchev–Trinajstić information content (AvgIpc) is 2.57. The Morgan fingerprint density at radius 1 is 1.22 bits per heavy atom. The van der Waals surface area contributed by atoms with Crippen molar-refractivity contribution in [2.75, 3.05) is 40.3 Å². The molecule has 23 heavy (non-hydrogen) atoms. The quantitative estimate of drug-likeness (QED) is 0.388. The number of methoxy groups -OCH3 is 1. The SMILES string of the molecule is CCNC(=NCC(C)(C)OC)NCCCN(C)C1CCCCC1. The summed E-state index contributed by atoms with van der Waals surface area (Å²) in [5.74, 6) is 0.887. The van der Waals surface area contributed by atoms with E-state index in [-0.39, 0.29) is 5.60 Å². The van der Waals surface area contributed by atoms with Crippen LogP contribution in [0, 0.1) is 0 Å². The maximum absolute atomic E-state index is 5.42. The maximum atomic E-state index is 5.42. The minimum Gasteiger partial charge on any atom is -0.377 e. The van der Waals surface area contributed by atoms with E-state index in [1.165, 1.54) is 32.1 Å². The topological polar surface area (TPSA) is 48.9 Å². The monoisotopic (exact) mass is 326 g/mol. The van der Waals surface area contributed by atoms with Crippen LogP contribution in [-0.4, -0.2) is 62.8 Å². The molecule has 1 saturated carbocycles. The summed E-state index contributed by atoms with van der Waals surface area (Å²) in [6.07, 6.45) is 8.12. The molecule has 0 saturated heterocycles. The highest BCUT2D eigenvalue weighted by Crippen LogP contribution is 2.21. The summed E-state index contributed by atoms with van der Waals surface area (Å²) < 4.78 is 5.42. The summed E-state index contributed by atoms with van der Waals surface area (Å²) in [7, 11) is 4.01. The summed E-state index contributed by atoms with van der Waals surface area (Å²) in [5.41, 5.74) is -0.219. The Bertz CT molecular complexity index is 338. The van der Waals surface area contributed by atoms with Crippen LogP contribution in [0.5, 0.6) is 0 Å². The molecule has 5 nitrogen and oxygen atoms in total. The zero-order chi connectivity index (χ0) is 17.1. The van der Waals surface area contributed by atoms with Crippen LogP contribution < -0.4 is 10.6 Å². The van der Waals surface area contributed by atoms with Gasteiger partial charge in [-0.15, -0.1) is 0 Å². The van der Waals surface area contributed by atoms with Crippen molar-refractivity contribution in [3.8, 4) is 0 Å². The molecule has 0 atom stereocenters. The zero-order valence-corrected chi connectivity index (χ0v) is 16.0. The minimum atomic E-state index is -0.219. The Labute approximate surface area is 143 Å². The summed E-state index contributed by atoms with van der Waals surface area (Å²) >= 11 is 0. The molecular weight excluding hydrogens is 288 g/mol. The number of hydrogen-bond acceptors (Lipinski definition) is 3. The second-order valence-electron chi connectivity index (χ2n) is 7.21. The molecule has 0 bridgehead atoms. The fourth-order valence-electron chi connectivity index (χ4n) is 2.92. The molecule has 0 aliphatic heterocycles. The summed E-state index contributed by atoms with van der Waals surface area (Å²) in [5, 5.41) is 6.73. The summed E-state index contributed by atoms with van der Waals surface area (Å²) in [6, 6.07) is 0.799.